The highest BCUT2D eigenvalue weighted by Crippen LogP contribution is 2.23. The number of aliphatic carboxylic acids is 1. The molecule has 0 bridgehead atoms. The fourth-order valence-electron chi connectivity index (χ4n) is 4.63. The van der Waals surface area contributed by atoms with Crippen molar-refractivity contribution in [3.05, 3.63) is 0 Å². The molecule has 3 saturated heterocycles. The molecule has 3 rings (SSSR count). The van der Waals surface area contributed by atoms with Crippen molar-refractivity contribution in [2.24, 2.45) is 11.8 Å². The van der Waals surface area contributed by atoms with Gasteiger partial charge in [-0.3, -0.25) is 14.5 Å². The SMILES string of the molecule is Cl.Cl.O=C(O)C(CCC1CCNCC1)C(=O)N1CCN(C2CCNCC2)CC1. The molecule has 3 fully saturated rings. The summed E-state index contributed by atoms with van der Waals surface area (Å²) >= 11 is 0. The number of piperazine rings is 1. The van der Waals surface area contributed by atoms with Crippen molar-refractivity contribution in [3.63, 3.8) is 0 Å². The Kier molecular flexibility index (Phi) is 11.7. The van der Waals surface area contributed by atoms with Crippen LogP contribution < -0.4 is 10.6 Å². The van der Waals surface area contributed by atoms with E-state index in [-0.39, 0.29) is 30.7 Å². The summed E-state index contributed by atoms with van der Waals surface area (Å²) in [6.07, 6.45) is 5.85. The average molecular weight is 439 g/mol. The number of nitrogens with zero attached hydrogens (tertiary/aromatic N) is 2. The van der Waals surface area contributed by atoms with Crippen LogP contribution in [0.4, 0.5) is 0 Å². The van der Waals surface area contributed by atoms with Crippen molar-refractivity contribution < 1.29 is 14.7 Å². The summed E-state index contributed by atoms with van der Waals surface area (Å²) in [4.78, 5) is 28.8. The predicted molar refractivity (Wildman–Crippen MR) is 114 cm³/mol. The van der Waals surface area contributed by atoms with E-state index in [0.29, 0.717) is 31.5 Å². The molecule has 164 valence electrons. The standard InChI is InChI=1S/C19H34N4O3.2ClH/c24-18(17(19(25)26)2-1-15-3-7-20-8-4-15)23-13-11-22(12-14-23)16-5-9-21-10-6-16;;/h15-17,20-21H,1-14H2,(H,25,26);2*1H. The maximum atomic E-state index is 12.8. The van der Waals surface area contributed by atoms with Crippen molar-refractivity contribution in [2.45, 2.75) is 44.6 Å². The van der Waals surface area contributed by atoms with E-state index in [0.717, 1.165) is 58.5 Å². The van der Waals surface area contributed by atoms with Gasteiger partial charge in [-0.25, -0.2) is 0 Å². The summed E-state index contributed by atoms with van der Waals surface area (Å²) < 4.78 is 0. The van der Waals surface area contributed by atoms with Crippen molar-refractivity contribution in [1.82, 2.24) is 20.4 Å². The van der Waals surface area contributed by atoms with Crippen LogP contribution in [0.3, 0.4) is 0 Å². The van der Waals surface area contributed by atoms with Gasteiger partial charge in [0.2, 0.25) is 5.91 Å². The zero-order chi connectivity index (χ0) is 18.4. The van der Waals surface area contributed by atoms with E-state index in [9.17, 15) is 14.7 Å². The van der Waals surface area contributed by atoms with Crippen LogP contribution in [-0.4, -0.2) is 85.2 Å². The van der Waals surface area contributed by atoms with Crippen LogP contribution in [0.2, 0.25) is 0 Å². The first-order valence-corrected chi connectivity index (χ1v) is 10.3. The number of carboxylic acid groups (broad SMARTS) is 1. The van der Waals surface area contributed by atoms with E-state index in [2.05, 4.69) is 15.5 Å². The van der Waals surface area contributed by atoms with E-state index in [1.165, 1.54) is 12.8 Å². The third-order valence-electron chi connectivity index (χ3n) is 6.37. The predicted octanol–water partition coefficient (Wildman–Crippen LogP) is 1.21. The summed E-state index contributed by atoms with van der Waals surface area (Å²) in [5.74, 6) is -1.43. The number of hydrogen-bond acceptors (Lipinski definition) is 5. The Morgan fingerprint density at radius 2 is 1.43 bits per heavy atom. The molecule has 3 N–H and O–H groups in total. The molecule has 28 heavy (non-hydrogen) atoms. The van der Waals surface area contributed by atoms with E-state index in [1.54, 1.807) is 4.90 Å². The minimum atomic E-state index is -0.954. The lowest BCUT2D eigenvalue weighted by Gasteiger charge is -2.41. The van der Waals surface area contributed by atoms with Crippen molar-refractivity contribution >= 4 is 36.7 Å². The van der Waals surface area contributed by atoms with Crippen LogP contribution in [0.25, 0.3) is 0 Å². The number of carbonyl (C=O) groups excluding carboxylic acids is 1. The van der Waals surface area contributed by atoms with E-state index in [1.807, 2.05) is 0 Å². The molecule has 1 unspecified atom stereocenters. The number of rotatable bonds is 6. The Hall–Kier alpha value is -0.600. The molecule has 9 heteroatoms. The summed E-state index contributed by atoms with van der Waals surface area (Å²) in [6, 6.07) is 0.615. The highest BCUT2D eigenvalue weighted by atomic mass is 35.5. The third kappa shape index (κ3) is 7.02. The third-order valence-corrected chi connectivity index (χ3v) is 6.37. The van der Waals surface area contributed by atoms with Crippen molar-refractivity contribution in [1.29, 1.82) is 0 Å². The molecule has 0 radical (unpaired) electrons. The Balaban J connectivity index is 0.00000196. The molecule has 0 aliphatic carbocycles. The van der Waals surface area contributed by atoms with Gasteiger partial charge in [-0.15, -0.1) is 24.8 Å². The number of amides is 1. The molecule has 0 aromatic rings. The van der Waals surface area contributed by atoms with Crippen molar-refractivity contribution in [2.75, 3.05) is 52.4 Å². The maximum absolute atomic E-state index is 12.8. The topological polar surface area (TPSA) is 84.9 Å². The Morgan fingerprint density at radius 1 is 0.893 bits per heavy atom. The van der Waals surface area contributed by atoms with Gasteiger partial charge in [0.1, 0.15) is 5.92 Å². The zero-order valence-corrected chi connectivity index (χ0v) is 18.2. The van der Waals surface area contributed by atoms with Gasteiger partial charge >= 0.3 is 5.97 Å². The molecule has 3 aliphatic rings. The smallest absolute Gasteiger partial charge is 0.316 e. The summed E-state index contributed by atoms with van der Waals surface area (Å²) in [5, 5.41) is 16.3. The van der Waals surface area contributed by atoms with Crippen LogP contribution in [0.1, 0.15) is 38.5 Å². The lowest BCUT2D eigenvalue weighted by molar-refractivity contribution is -0.152. The minimum absolute atomic E-state index is 0. The Bertz CT molecular complexity index is 478. The lowest BCUT2D eigenvalue weighted by atomic mass is 9.89. The van der Waals surface area contributed by atoms with Crippen molar-refractivity contribution in [3.8, 4) is 0 Å². The lowest BCUT2D eigenvalue weighted by Crippen LogP contribution is -2.55. The highest BCUT2D eigenvalue weighted by Gasteiger charge is 2.34. The molecule has 7 nitrogen and oxygen atoms in total. The van der Waals surface area contributed by atoms with Gasteiger partial charge in [-0.2, -0.15) is 0 Å². The van der Waals surface area contributed by atoms with Gasteiger partial charge < -0.3 is 20.6 Å². The van der Waals surface area contributed by atoms with E-state index >= 15 is 0 Å². The quantitative estimate of drug-likeness (QED) is 0.540. The first-order valence-electron chi connectivity index (χ1n) is 10.3. The summed E-state index contributed by atoms with van der Waals surface area (Å²) in [5.41, 5.74) is 0. The Morgan fingerprint density at radius 3 is 1.96 bits per heavy atom. The summed E-state index contributed by atoms with van der Waals surface area (Å²) in [6.45, 7) is 7.24. The molecule has 3 heterocycles. The number of carbonyl (C=O) groups is 2. The zero-order valence-electron chi connectivity index (χ0n) is 16.6. The van der Waals surface area contributed by atoms with E-state index in [4.69, 9.17) is 0 Å². The monoisotopic (exact) mass is 438 g/mol. The number of halogens is 2. The highest BCUT2D eigenvalue weighted by molar-refractivity contribution is 5.97. The fraction of sp³-hybridized carbons (Fsp3) is 0.895. The van der Waals surface area contributed by atoms with Crippen LogP contribution in [0.15, 0.2) is 0 Å². The molecule has 1 atom stereocenters. The molecule has 0 spiro atoms. The molecule has 0 aromatic heterocycles. The molecule has 0 aromatic carbocycles. The molecular formula is C19H36Cl2N4O3. The second-order valence-electron chi connectivity index (χ2n) is 8.00. The largest absolute Gasteiger partial charge is 0.481 e. The van der Waals surface area contributed by atoms with Crippen LogP contribution in [0, 0.1) is 11.8 Å². The van der Waals surface area contributed by atoms with Gasteiger partial charge in [0.05, 0.1) is 0 Å². The van der Waals surface area contributed by atoms with Crippen LogP contribution >= 0.6 is 24.8 Å². The second kappa shape index (κ2) is 12.9. The number of carboxylic acids is 1. The number of nitrogens with one attached hydrogen (secondary N) is 2. The summed E-state index contributed by atoms with van der Waals surface area (Å²) in [7, 11) is 0. The van der Waals surface area contributed by atoms with Gasteiger partial charge in [0.25, 0.3) is 0 Å². The normalized spacial score (nSPS) is 23.4. The van der Waals surface area contributed by atoms with Crippen LogP contribution in [-0.2, 0) is 9.59 Å². The fourth-order valence-corrected chi connectivity index (χ4v) is 4.63. The van der Waals surface area contributed by atoms with Gasteiger partial charge in [0.15, 0.2) is 0 Å². The first kappa shape index (κ1) is 25.4. The number of hydrogen-bond donors (Lipinski definition) is 3. The minimum Gasteiger partial charge on any atom is -0.481 e. The molecule has 1 amide bonds. The first-order chi connectivity index (χ1) is 12.6. The number of piperidine rings is 2. The second-order valence-corrected chi connectivity index (χ2v) is 8.00. The molecular weight excluding hydrogens is 403 g/mol. The molecule has 3 aliphatic heterocycles. The molecule has 0 saturated carbocycles. The Labute approximate surface area is 180 Å². The van der Waals surface area contributed by atoms with Crippen LogP contribution in [0.5, 0.6) is 0 Å². The van der Waals surface area contributed by atoms with Gasteiger partial charge in [-0.05, 0) is 70.6 Å². The maximum Gasteiger partial charge on any atom is 0.316 e. The van der Waals surface area contributed by atoms with Gasteiger partial charge in [0, 0.05) is 32.2 Å². The average Bonchev–Trinajstić information content (AvgIpc) is 2.69. The van der Waals surface area contributed by atoms with E-state index < -0.39 is 11.9 Å². The van der Waals surface area contributed by atoms with Gasteiger partial charge in [-0.1, -0.05) is 0 Å².